The average molecular weight is 172 g/mol. The monoisotopic (exact) mass is 172 g/mol. The largest absolute Gasteiger partial charge is 0.378 e. The van der Waals surface area contributed by atoms with Crippen LogP contribution < -0.4 is 0 Å². The van der Waals surface area contributed by atoms with Crippen molar-refractivity contribution in [3.8, 4) is 0 Å². The highest BCUT2D eigenvalue weighted by Crippen LogP contribution is 2.09. The summed E-state index contributed by atoms with van der Waals surface area (Å²) in [5.74, 6) is 0. The van der Waals surface area contributed by atoms with Crippen LogP contribution in [0.25, 0.3) is 0 Å². The molecule has 0 radical (unpaired) electrons. The van der Waals surface area contributed by atoms with Crippen molar-refractivity contribution >= 4 is 0 Å². The molecule has 0 aromatic carbocycles. The molecule has 12 heavy (non-hydrogen) atoms. The first-order valence-electron chi connectivity index (χ1n) is 5.46. The first kappa shape index (κ1) is 12.0. The molecule has 0 aromatic heterocycles. The van der Waals surface area contributed by atoms with Gasteiger partial charge in [0, 0.05) is 6.61 Å². The molecule has 0 aliphatic carbocycles. The van der Waals surface area contributed by atoms with E-state index in [0.29, 0.717) is 6.10 Å². The molecular weight excluding hydrogens is 148 g/mol. The molecule has 1 heteroatoms. The van der Waals surface area contributed by atoms with Gasteiger partial charge < -0.3 is 4.74 Å². The van der Waals surface area contributed by atoms with Gasteiger partial charge >= 0.3 is 0 Å². The van der Waals surface area contributed by atoms with Gasteiger partial charge in [0.2, 0.25) is 0 Å². The zero-order valence-electron chi connectivity index (χ0n) is 8.94. The summed E-state index contributed by atoms with van der Waals surface area (Å²) < 4.78 is 5.76. The van der Waals surface area contributed by atoms with Crippen LogP contribution in [0.15, 0.2) is 0 Å². The fourth-order valence-electron chi connectivity index (χ4n) is 1.35. The van der Waals surface area contributed by atoms with Crippen LogP contribution in [0.3, 0.4) is 0 Å². The minimum Gasteiger partial charge on any atom is -0.378 e. The first-order valence-corrected chi connectivity index (χ1v) is 5.46. The molecule has 0 N–H and O–H groups in total. The lowest BCUT2D eigenvalue weighted by molar-refractivity contribution is 0.0390. The van der Waals surface area contributed by atoms with Crippen molar-refractivity contribution in [3.63, 3.8) is 0 Å². The molecular formula is C11H24O. The van der Waals surface area contributed by atoms with Gasteiger partial charge in [0.15, 0.2) is 0 Å². The van der Waals surface area contributed by atoms with Gasteiger partial charge in [-0.15, -0.1) is 0 Å². The first-order chi connectivity index (χ1) is 5.85. The molecule has 0 saturated carbocycles. The van der Waals surface area contributed by atoms with Crippen molar-refractivity contribution in [2.75, 3.05) is 6.61 Å². The summed E-state index contributed by atoms with van der Waals surface area (Å²) in [6, 6.07) is 0. The lowest BCUT2D eigenvalue weighted by atomic mass is 10.1. The summed E-state index contributed by atoms with van der Waals surface area (Å²) in [5.41, 5.74) is 0. The molecule has 0 aliphatic heterocycles. The fourth-order valence-corrected chi connectivity index (χ4v) is 1.35. The van der Waals surface area contributed by atoms with Crippen LogP contribution in [-0.2, 0) is 4.74 Å². The van der Waals surface area contributed by atoms with Crippen molar-refractivity contribution in [2.45, 2.75) is 65.4 Å². The van der Waals surface area contributed by atoms with Gasteiger partial charge in [-0.1, -0.05) is 40.0 Å². The molecule has 0 amide bonds. The maximum Gasteiger partial charge on any atom is 0.0575 e. The Morgan fingerprint density at radius 1 is 0.917 bits per heavy atom. The van der Waals surface area contributed by atoms with Crippen molar-refractivity contribution < 1.29 is 4.74 Å². The minimum absolute atomic E-state index is 0.534. The number of unbranched alkanes of at least 4 members (excludes halogenated alkanes) is 1. The summed E-state index contributed by atoms with van der Waals surface area (Å²) in [5, 5.41) is 0. The van der Waals surface area contributed by atoms with Crippen LogP contribution in [0.4, 0.5) is 0 Å². The topological polar surface area (TPSA) is 9.23 Å². The van der Waals surface area contributed by atoms with E-state index < -0.39 is 0 Å². The van der Waals surface area contributed by atoms with Crippen molar-refractivity contribution in [3.05, 3.63) is 0 Å². The van der Waals surface area contributed by atoms with E-state index in [2.05, 4.69) is 20.8 Å². The molecule has 0 rings (SSSR count). The normalized spacial score (nSPS) is 11.0. The lowest BCUT2D eigenvalue weighted by Gasteiger charge is -2.15. The Hall–Kier alpha value is -0.0400. The Morgan fingerprint density at radius 3 is 1.92 bits per heavy atom. The van der Waals surface area contributed by atoms with Gasteiger partial charge in [-0.3, -0.25) is 0 Å². The summed E-state index contributed by atoms with van der Waals surface area (Å²) in [6.45, 7) is 7.62. The van der Waals surface area contributed by atoms with Crippen LogP contribution in [0.1, 0.15) is 59.3 Å². The molecule has 74 valence electrons. The van der Waals surface area contributed by atoms with Crippen LogP contribution in [0.2, 0.25) is 0 Å². The van der Waals surface area contributed by atoms with Gasteiger partial charge in [-0.2, -0.15) is 0 Å². The molecule has 0 atom stereocenters. The maximum atomic E-state index is 5.76. The lowest BCUT2D eigenvalue weighted by Crippen LogP contribution is -2.13. The third-order valence-corrected chi connectivity index (χ3v) is 2.07. The second-order valence-electron chi connectivity index (χ2n) is 3.42. The summed E-state index contributed by atoms with van der Waals surface area (Å²) in [7, 11) is 0. The number of hydrogen-bond acceptors (Lipinski definition) is 1. The molecule has 0 aliphatic rings. The van der Waals surface area contributed by atoms with E-state index >= 15 is 0 Å². The Balaban J connectivity index is 3.34. The minimum atomic E-state index is 0.534. The molecule has 1 nitrogen and oxygen atoms in total. The molecule has 0 heterocycles. The van der Waals surface area contributed by atoms with Crippen molar-refractivity contribution in [2.24, 2.45) is 0 Å². The summed E-state index contributed by atoms with van der Waals surface area (Å²) >= 11 is 0. The van der Waals surface area contributed by atoms with Crippen LogP contribution in [-0.4, -0.2) is 12.7 Å². The Bertz CT molecular complexity index is 75.1. The average Bonchev–Trinajstić information content (AvgIpc) is 2.06. The van der Waals surface area contributed by atoms with Gasteiger partial charge in [-0.05, 0) is 19.3 Å². The molecule has 0 bridgehead atoms. The van der Waals surface area contributed by atoms with E-state index in [0.717, 1.165) is 6.61 Å². The Labute approximate surface area is 77.5 Å². The van der Waals surface area contributed by atoms with E-state index in [9.17, 15) is 0 Å². The molecule has 0 aromatic rings. The highest BCUT2D eigenvalue weighted by atomic mass is 16.5. The highest BCUT2D eigenvalue weighted by Gasteiger charge is 2.05. The number of hydrogen-bond donors (Lipinski definition) is 0. The van der Waals surface area contributed by atoms with Crippen LogP contribution in [0, 0.1) is 0 Å². The zero-order valence-corrected chi connectivity index (χ0v) is 8.94. The maximum absolute atomic E-state index is 5.76. The summed E-state index contributed by atoms with van der Waals surface area (Å²) in [4.78, 5) is 0. The van der Waals surface area contributed by atoms with Gasteiger partial charge in [-0.25, -0.2) is 0 Å². The highest BCUT2D eigenvalue weighted by molar-refractivity contribution is 4.55. The smallest absolute Gasteiger partial charge is 0.0575 e. The number of ether oxygens (including phenoxy) is 1. The molecule has 0 saturated heterocycles. The van der Waals surface area contributed by atoms with E-state index in [1.54, 1.807) is 0 Å². The predicted molar refractivity (Wildman–Crippen MR) is 54.5 cm³/mol. The van der Waals surface area contributed by atoms with E-state index in [4.69, 9.17) is 4.74 Å². The fraction of sp³-hybridized carbons (Fsp3) is 1.00. The Morgan fingerprint density at radius 2 is 1.50 bits per heavy atom. The number of rotatable bonds is 8. The SMILES string of the molecule is CCCCOC(CCC)CCC. The van der Waals surface area contributed by atoms with Gasteiger partial charge in [0.05, 0.1) is 6.10 Å². The van der Waals surface area contributed by atoms with Gasteiger partial charge in [0.1, 0.15) is 0 Å². The van der Waals surface area contributed by atoms with Crippen LogP contribution >= 0.6 is 0 Å². The third kappa shape index (κ3) is 6.66. The van der Waals surface area contributed by atoms with E-state index in [1.165, 1.54) is 38.5 Å². The summed E-state index contributed by atoms with van der Waals surface area (Å²) in [6.07, 6.45) is 7.95. The quantitative estimate of drug-likeness (QED) is 0.506. The van der Waals surface area contributed by atoms with E-state index in [1.807, 2.05) is 0 Å². The second-order valence-corrected chi connectivity index (χ2v) is 3.42. The van der Waals surface area contributed by atoms with Gasteiger partial charge in [0.25, 0.3) is 0 Å². The van der Waals surface area contributed by atoms with Crippen LogP contribution in [0.5, 0.6) is 0 Å². The third-order valence-electron chi connectivity index (χ3n) is 2.07. The molecule has 0 spiro atoms. The zero-order chi connectivity index (χ0) is 9.23. The van der Waals surface area contributed by atoms with Crippen molar-refractivity contribution in [1.82, 2.24) is 0 Å². The molecule has 0 unspecified atom stereocenters. The predicted octanol–water partition coefficient (Wildman–Crippen LogP) is 3.77. The molecule has 0 fully saturated rings. The van der Waals surface area contributed by atoms with E-state index in [-0.39, 0.29) is 0 Å². The Kier molecular flexibility index (Phi) is 9.02. The van der Waals surface area contributed by atoms with Crippen molar-refractivity contribution in [1.29, 1.82) is 0 Å². The second kappa shape index (κ2) is 9.05. The standard InChI is InChI=1S/C11H24O/c1-4-7-10-12-11(8-5-2)9-6-3/h11H,4-10H2,1-3H3.